The van der Waals surface area contributed by atoms with E-state index in [9.17, 15) is 9.59 Å². The maximum absolute atomic E-state index is 12.2. The lowest BCUT2D eigenvalue weighted by Gasteiger charge is -2.06. The Labute approximate surface area is 157 Å². The van der Waals surface area contributed by atoms with E-state index in [1.54, 1.807) is 12.1 Å². The molecule has 5 nitrogen and oxygen atoms in total. The number of ether oxygens (including phenoxy) is 1. The Hall–Kier alpha value is -2.15. The van der Waals surface area contributed by atoms with Crippen molar-refractivity contribution in [2.24, 2.45) is 0 Å². The standard InChI is InChI=1S/C17H12Cl2N2O3S/c18-13-6-5-10(7-20-13)9-24-14(22)8-21-17(23)16-15(19)11-3-1-2-4-12(11)25-16/h1-7H,8-9H2,(H,21,23). The van der Waals surface area contributed by atoms with Crippen LogP contribution in [0, 0.1) is 0 Å². The molecule has 0 aliphatic carbocycles. The number of carbonyl (C=O) groups is 2. The number of nitrogens with zero attached hydrogens (tertiary/aromatic N) is 1. The summed E-state index contributed by atoms with van der Waals surface area (Å²) in [4.78, 5) is 28.3. The number of nitrogens with one attached hydrogen (secondary N) is 1. The Morgan fingerprint density at radius 1 is 1.16 bits per heavy atom. The zero-order chi connectivity index (χ0) is 17.8. The topological polar surface area (TPSA) is 68.3 Å². The molecule has 0 fully saturated rings. The van der Waals surface area contributed by atoms with E-state index >= 15 is 0 Å². The molecule has 0 bridgehead atoms. The Kier molecular flexibility index (Phi) is 5.53. The molecule has 128 valence electrons. The van der Waals surface area contributed by atoms with Crippen molar-refractivity contribution in [1.82, 2.24) is 10.3 Å². The largest absolute Gasteiger partial charge is 0.459 e. The summed E-state index contributed by atoms with van der Waals surface area (Å²) in [5.41, 5.74) is 0.705. The van der Waals surface area contributed by atoms with Gasteiger partial charge in [0.1, 0.15) is 23.2 Å². The summed E-state index contributed by atoms with van der Waals surface area (Å²) in [7, 11) is 0. The number of fused-ring (bicyclic) bond motifs is 1. The van der Waals surface area contributed by atoms with Crippen molar-refractivity contribution in [2.75, 3.05) is 6.54 Å². The molecule has 3 rings (SSSR count). The molecule has 0 atom stereocenters. The molecule has 0 radical (unpaired) electrons. The second kappa shape index (κ2) is 7.82. The van der Waals surface area contributed by atoms with Gasteiger partial charge in [-0.1, -0.05) is 47.5 Å². The third-order valence-electron chi connectivity index (χ3n) is 3.32. The molecular weight excluding hydrogens is 383 g/mol. The van der Waals surface area contributed by atoms with Crippen LogP contribution in [-0.4, -0.2) is 23.4 Å². The van der Waals surface area contributed by atoms with E-state index in [2.05, 4.69) is 10.3 Å². The highest BCUT2D eigenvalue weighted by Gasteiger charge is 2.17. The van der Waals surface area contributed by atoms with Crippen molar-refractivity contribution < 1.29 is 14.3 Å². The molecule has 3 aromatic rings. The molecule has 0 saturated heterocycles. The first-order chi connectivity index (χ1) is 12.0. The predicted octanol–water partition coefficient (Wildman–Crippen LogP) is 4.08. The Morgan fingerprint density at radius 3 is 2.68 bits per heavy atom. The third-order valence-corrected chi connectivity index (χ3v) is 5.22. The normalized spacial score (nSPS) is 10.6. The second-order valence-corrected chi connectivity index (χ2v) is 6.89. The fourth-order valence-electron chi connectivity index (χ4n) is 2.10. The van der Waals surface area contributed by atoms with Gasteiger partial charge in [-0.25, -0.2) is 4.98 Å². The molecule has 2 heterocycles. The molecule has 0 unspecified atom stereocenters. The Morgan fingerprint density at radius 2 is 1.96 bits per heavy atom. The number of aromatic nitrogens is 1. The molecule has 2 aromatic heterocycles. The van der Waals surface area contributed by atoms with E-state index in [0.717, 1.165) is 10.1 Å². The van der Waals surface area contributed by atoms with Crippen LogP contribution in [0.15, 0.2) is 42.6 Å². The van der Waals surface area contributed by atoms with Gasteiger partial charge in [0.2, 0.25) is 0 Å². The van der Waals surface area contributed by atoms with Gasteiger partial charge < -0.3 is 10.1 Å². The summed E-state index contributed by atoms with van der Waals surface area (Å²) in [6, 6.07) is 10.8. The van der Waals surface area contributed by atoms with E-state index in [-0.39, 0.29) is 13.2 Å². The first kappa shape index (κ1) is 17.7. The lowest BCUT2D eigenvalue weighted by atomic mass is 10.2. The zero-order valence-corrected chi connectivity index (χ0v) is 15.1. The lowest BCUT2D eigenvalue weighted by molar-refractivity contribution is -0.143. The van der Waals surface area contributed by atoms with Crippen LogP contribution in [-0.2, 0) is 16.1 Å². The van der Waals surface area contributed by atoms with E-state index in [1.165, 1.54) is 17.5 Å². The van der Waals surface area contributed by atoms with E-state index < -0.39 is 11.9 Å². The molecule has 0 aliphatic heterocycles. The summed E-state index contributed by atoms with van der Waals surface area (Å²) >= 11 is 13.2. The van der Waals surface area contributed by atoms with Gasteiger partial charge in [-0.2, -0.15) is 0 Å². The number of halogens is 2. The number of benzene rings is 1. The average molecular weight is 395 g/mol. The van der Waals surface area contributed by atoms with Crippen LogP contribution >= 0.6 is 34.5 Å². The molecule has 1 amide bonds. The molecule has 0 saturated carbocycles. The van der Waals surface area contributed by atoms with E-state index in [0.29, 0.717) is 20.6 Å². The van der Waals surface area contributed by atoms with E-state index in [1.807, 2.05) is 24.3 Å². The highest BCUT2D eigenvalue weighted by Crippen LogP contribution is 2.34. The summed E-state index contributed by atoms with van der Waals surface area (Å²) in [6.45, 7) is -0.188. The van der Waals surface area contributed by atoms with Crippen molar-refractivity contribution in [3.8, 4) is 0 Å². The van der Waals surface area contributed by atoms with Gasteiger partial charge in [0.25, 0.3) is 5.91 Å². The number of hydrogen-bond acceptors (Lipinski definition) is 5. The number of rotatable bonds is 5. The molecule has 8 heteroatoms. The van der Waals surface area contributed by atoms with Crippen molar-refractivity contribution in [3.05, 3.63) is 63.2 Å². The number of thiophene rings is 1. The molecular formula is C17H12Cl2N2O3S. The number of amides is 1. The van der Waals surface area contributed by atoms with Gasteiger partial charge in [0, 0.05) is 21.8 Å². The molecule has 0 spiro atoms. The summed E-state index contributed by atoms with van der Waals surface area (Å²) in [5, 5.41) is 4.09. The third kappa shape index (κ3) is 4.28. The minimum atomic E-state index is -0.555. The smallest absolute Gasteiger partial charge is 0.325 e. The summed E-state index contributed by atoms with van der Waals surface area (Å²) in [6.07, 6.45) is 1.52. The SMILES string of the molecule is O=C(CNC(=O)c1sc2ccccc2c1Cl)OCc1ccc(Cl)nc1. The minimum Gasteiger partial charge on any atom is -0.459 e. The predicted molar refractivity (Wildman–Crippen MR) is 98.2 cm³/mol. The second-order valence-electron chi connectivity index (χ2n) is 5.07. The van der Waals surface area contributed by atoms with Gasteiger partial charge in [-0.05, 0) is 12.1 Å². The van der Waals surface area contributed by atoms with Gasteiger partial charge in [0.15, 0.2) is 0 Å². The van der Waals surface area contributed by atoms with Crippen molar-refractivity contribution in [1.29, 1.82) is 0 Å². The first-order valence-corrected chi connectivity index (χ1v) is 8.83. The van der Waals surface area contributed by atoms with Crippen molar-refractivity contribution in [2.45, 2.75) is 6.61 Å². The molecule has 1 N–H and O–H groups in total. The molecule has 0 aliphatic rings. The van der Waals surface area contributed by atoms with Crippen LogP contribution in [0.2, 0.25) is 10.2 Å². The highest BCUT2D eigenvalue weighted by molar-refractivity contribution is 7.21. The van der Waals surface area contributed by atoms with Crippen LogP contribution in [0.3, 0.4) is 0 Å². The van der Waals surface area contributed by atoms with Gasteiger partial charge in [-0.15, -0.1) is 11.3 Å². The van der Waals surface area contributed by atoms with Crippen LogP contribution in [0.1, 0.15) is 15.2 Å². The Bertz CT molecular complexity index is 925. The van der Waals surface area contributed by atoms with Crippen molar-refractivity contribution in [3.63, 3.8) is 0 Å². The van der Waals surface area contributed by atoms with Crippen LogP contribution in [0.4, 0.5) is 0 Å². The number of carbonyl (C=O) groups excluding carboxylic acids is 2. The van der Waals surface area contributed by atoms with Crippen LogP contribution < -0.4 is 5.32 Å². The summed E-state index contributed by atoms with van der Waals surface area (Å²) in [5.74, 6) is -0.961. The average Bonchev–Trinajstić information content (AvgIpc) is 2.96. The number of pyridine rings is 1. The number of esters is 1. The van der Waals surface area contributed by atoms with Gasteiger partial charge >= 0.3 is 5.97 Å². The quantitative estimate of drug-likeness (QED) is 0.522. The van der Waals surface area contributed by atoms with Crippen LogP contribution in [0.25, 0.3) is 10.1 Å². The number of hydrogen-bond donors (Lipinski definition) is 1. The fraction of sp³-hybridized carbons (Fsp3) is 0.118. The Balaban J connectivity index is 1.55. The minimum absolute atomic E-state index is 0.0581. The lowest BCUT2D eigenvalue weighted by Crippen LogP contribution is -2.30. The maximum Gasteiger partial charge on any atom is 0.325 e. The van der Waals surface area contributed by atoms with Crippen LogP contribution in [0.5, 0.6) is 0 Å². The highest BCUT2D eigenvalue weighted by atomic mass is 35.5. The molecule has 25 heavy (non-hydrogen) atoms. The first-order valence-electron chi connectivity index (χ1n) is 7.26. The maximum atomic E-state index is 12.2. The monoisotopic (exact) mass is 394 g/mol. The van der Waals surface area contributed by atoms with Gasteiger partial charge in [0.05, 0.1) is 5.02 Å². The fourth-order valence-corrected chi connectivity index (χ4v) is 3.64. The van der Waals surface area contributed by atoms with Gasteiger partial charge in [-0.3, -0.25) is 9.59 Å². The summed E-state index contributed by atoms with van der Waals surface area (Å²) < 4.78 is 5.99. The molecule has 1 aromatic carbocycles. The van der Waals surface area contributed by atoms with Crippen molar-refractivity contribution >= 4 is 56.5 Å². The van der Waals surface area contributed by atoms with E-state index in [4.69, 9.17) is 27.9 Å². The zero-order valence-electron chi connectivity index (χ0n) is 12.8.